The molecule has 1 fully saturated rings. The number of ether oxygens (including phenoxy) is 3. The van der Waals surface area contributed by atoms with Crippen molar-refractivity contribution in [3.05, 3.63) is 52.8 Å². The molecule has 0 radical (unpaired) electrons. The standard InChI is InChI=1S/C24H27NO5/c1-15-5-4-10-25(13-15)14-19-20(26)9-8-18-23(27)22(30-24(18)19)11-16-6-7-17(28-2)12-21(16)29-3/h6-9,11-12,15,26H,4-5,10,13-14H2,1-3H3/p+1/b22-11-/t15-/m1/s1. The average molecular weight is 410 g/mol. The number of hydrogen-bond acceptors (Lipinski definition) is 5. The van der Waals surface area contributed by atoms with Crippen LogP contribution in [0.25, 0.3) is 6.08 Å². The molecule has 1 unspecified atom stereocenters. The molecule has 30 heavy (non-hydrogen) atoms. The fourth-order valence-corrected chi connectivity index (χ4v) is 4.35. The molecule has 158 valence electrons. The van der Waals surface area contributed by atoms with Gasteiger partial charge in [-0.15, -0.1) is 0 Å². The first-order valence-corrected chi connectivity index (χ1v) is 10.3. The van der Waals surface area contributed by atoms with E-state index in [4.69, 9.17) is 14.2 Å². The first kappa shape index (κ1) is 20.3. The molecule has 6 heteroatoms. The maximum atomic E-state index is 13.0. The number of likely N-dealkylation sites (tertiary alicyclic amines) is 1. The molecule has 1 saturated heterocycles. The molecule has 0 bridgehead atoms. The number of piperidine rings is 1. The van der Waals surface area contributed by atoms with Gasteiger partial charge in [0.1, 0.15) is 23.8 Å². The van der Waals surface area contributed by atoms with Crippen molar-refractivity contribution < 1.29 is 29.0 Å². The van der Waals surface area contributed by atoms with Crippen LogP contribution in [0.5, 0.6) is 23.0 Å². The first-order chi connectivity index (χ1) is 14.5. The number of phenolic OH excluding ortho intramolecular Hbond substituents is 1. The largest absolute Gasteiger partial charge is 0.507 e. The summed E-state index contributed by atoms with van der Waals surface area (Å²) in [6.45, 7) is 5.03. The molecule has 2 aliphatic heterocycles. The molecule has 0 spiro atoms. The molecule has 0 aromatic heterocycles. The third-order valence-electron chi connectivity index (χ3n) is 5.93. The van der Waals surface area contributed by atoms with E-state index in [0.29, 0.717) is 40.8 Å². The topological polar surface area (TPSA) is 69.4 Å². The molecular weight excluding hydrogens is 382 g/mol. The van der Waals surface area contributed by atoms with Crippen molar-refractivity contribution in [3.63, 3.8) is 0 Å². The molecule has 2 aromatic carbocycles. The fourth-order valence-electron chi connectivity index (χ4n) is 4.35. The zero-order valence-electron chi connectivity index (χ0n) is 17.7. The van der Waals surface area contributed by atoms with Crippen molar-refractivity contribution in [1.82, 2.24) is 0 Å². The van der Waals surface area contributed by atoms with Crippen LogP contribution in [0.1, 0.15) is 41.3 Å². The number of rotatable bonds is 5. The molecule has 0 aliphatic carbocycles. The van der Waals surface area contributed by atoms with E-state index in [9.17, 15) is 9.90 Å². The Balaban J connectivity index is 1.65. The predicted octanol–water partition coefficient (Wildman–Crippen LogP) is 2.84. The van der Waals surface area contributed by atoms with Crippen LogP contribution in [0.2, 0.25) is 0 Å². The van der Waals surface area contributed by atoms with Gasteiger partial charge in [-0.05, 0) is 43.2 Å². The quantitative estimate of drug-likeness (QED) is 0.742. The SMILES string of the molecule is COc1ccc(/C=C2\Oc3c(ccc(O)c3C[NH+]3CCC[C@@H](C)C3)C2=O)c(OC)c1. The maximum Gasteiger partial charge on any atom is 0.231 e. The Kier molecular flexibility index (Phi) is 5.68. The van der Waals surface area contributed by atoms with Crippen LogP contribution in [0.3, 0.4) is 0 Å². The number of methoxy groups -OCH3 is 2. The molecule has 4 rings (SSSR count). The summed E-state index contributed by atoms with van der Waals surface area (Å²) < 4.78 is 16.7. The number of nitrogens with one attached hydrogen (secondary N) is 1. The molecule has 2 atom stereocenters. The molecule has 0 saturated carbocycles. The van der Waals surface area contributed by atoms with Gasteiger partial charge in [-0.1, -0.05) is 6.92 Å². The van der Waals surface area contributed by atoms with E-state index >= 15 is 0 Å². The van der Waals surface area contributed by atoms with Gasteiger partial charge in [-0.25, -0.2) is 0 Å². The zero-order valence-corrected chi connectivity index (χ0v) is 17.7. The highest BCUT2D eigenvalue weighted by Gasteiger charge is 2.33. The molecule has 2 aromatic rings. The highest BCUT2D eigenvalue weighted by molar-refractivity contribution is 6.15. The smallest absolute Gasteiger partial charge is 0.231 e. The normalized spacial score (nSPS) is 22.0. The van der Waals surface area contributed by atoms with Gasteiger partial charge in [0, 0.05) is 17.5 Å². The summed E-state index contributed by atoms with van der Waals surface area (Å²) in [4.78, 5) is 14.4. The minimum absolute atomic E-state index is 0.176. The number of carbonyl (C=O) groups excluding carboxylic acids is 1. The Morgan fingerprint density at radius 1 is 1.23 bits per heavy atom. The van der Waals surface area contributed by atoms with E-state index in [1.54, 1.807) is 44.6 Å². The Morgan fingerprint density at radius 3 is 2.80 bits per heavy atom. The van der Waals surface area contributed by atoms with Crippen LogP contribution in [0, 0.1) is 5.92 Å². The summed E-state index contributed by atoms with van der Waals surface area (Å²) >= 11 is 0. The maximum absolute atomic E-state index is 13.0. The molecular formula is C24H28NO5+. The lowest BCUT2D eigenvalue weighted by atomic mass is 9.99. The lowest BCUT2D eigenvalue weighted by molar-refractivity contribution is -0.922. The average Bonchev–Trinajstić information content (AvgIpc) is 3.06. The third kappa shape index (κ3) is 3.87. The lowest BCUT2D eigenvalue weighted by Crippen LogP contribution is -3.12. The van der Waals surface area contributed by atoms with Gasteiger partial charge >= 0.3 is 0 Å². The number of benzene rings is 2. The minimum atomic E-state index is -0.189. The van der Waals surface area contributed by atoms with Gasteiger partial charge in [0.2, 0.25) is 5.78 Å². The van der Waals surface area contributed by atoms with Crippen LogP contribution < -0.4 is 19.1 Å². The minimum Gasteiger partial charge on any atom is -0.507 e. The van der Waals surface area contributed by atoms with Crippen molar-refractivity contribution in [1.29, 1.82) is 0 Å². The van der Waals surface area contributed by atoms with E-state index in [1.165, 1.54) is 17.7 Å². The molecule has 0 amide bonds. The second-order valence-corrected chi connectivity index (χ2v) is 8.12. The lowest BCUT2D eigenvalue weighted by Gasteiger charge is -2.28. The van der Waals surface area contributed by atoms with Gasteiger partial charge in [0.05, 0.1) is 38.4 Å². The summed E-state index contributed by atoms with van der Waals surface area (Å²) in [6, 6.07) is 8.62. The second-order valence-electron chi connectivity index (χ2n) is 8.12. The number of hydrogen-bond donors (Lipinski definition) is 2. The van der Waals surface area contributed by atoms with Crippen LogP contribution >= 0.6 is 0 Å². The van der Waals surface area contributed by atoms with E-state index in [-0.39, 0.29) is 17.3 Å². The van der Waals surface area contributed by atoms with Crippen molar-refractivity contribution in [2.45, 2.75) is 26.3 Å². The number of Topliss-reactive ketones (excluding diaryl/α,β-unsaturated/α-hetero) is 1. The summed E-state index contributed by atoms with van der Waals surface area (Å²) in [5.41, 5.74) is 1.91. The Morgan fingerprint density at radius 2 is 2.07 bits per heavy atom. The van der Waals surface area contributed by atoms with Gasteiger partial charge in [0.15, 0.2) is 11.5 Å². The number of fused-ring (bicyclic) bond motifs is 1. The Labute approximate surface area is 176 Å². The van der Waals surface area contributed by atoms with Gasteiger partial charge < -0.3 is 24.2 Å². The van der Waals surface area contributed by atoms with Crippen LogP contribution in [-0.2, 0) is 6.54 Å². The number of phenols is 1. The van der Waals surface area contributed by atoms with Crippen molar-refractivity contribution in [3.8, 4) is 23.0 Å². The van der Waals surface area contributed by atoms with E-state index in [1.807, 2.05) is 6.07 Å². The second kappa shape index (κ2) is 8.40. The number of ketones is 1. The number of quaternary nitrogens is 1. The van der Waals surface area contributed by atoms with Crippen molar-refractivity contribution in [2.75, 3.05) is 27.3 Å². The summed E-state index contributed by atoms with van der Waals surface area (Å²) in [5, 5.41) is 10.5. The Bertz CT molecular complexity index is 997. The Hall–Kier alpha value is -2.99. The third-order valence-corrected chi connectivity index (χ3v) is 5.93. The van der Waals surface area contributed by atoms with E-state index in [2.05, 4.69) is 6.92 Å². The summed E-state index contributed by atoms with van der Waals surface area (Å²) in [7, 11) is 3.16. The number of carbonyl (C=O) groups is 1. The highest BCUT2D eigenvalue weighted by atomic mass is 16.5. The molecule has 6 nitrogen and oxygen atoms in total. The van der Waals surface area contributed by atoms with E-state index < -0.39 is 0 Å². The summed E-state index contributed by atoms with van der Waals surface area (Å²) in [5.74, 6) is 2.60. The highest BCUT2D eigenvalue weighted by Crippen LogP contribution is 2.40. The van der Waals surface area contributed by atoms with Crippen molar-refractivity contribution in [2.24, 2.45) is 5.92 Å². The number of aromatic hydroxyl groups is 1. The van der Waals surface area contributed by atoms with Gasteiger partial charge in [-0.3, -0.25) is 4.79 Å². The fraction of sp³-hybridized carbons (Fsp3) is 0.375. The summed E-state index contributed by atoms with van der Waals surface area (Å²) in [6.07, 6.45) is 4.10. The number of allylic oxidation sites excluding steroid dienone is 1. The molecule has 2 aliphatic rings. The van der Waals surface area contributed by atoms with Gasteiger partial charge in [0.25, 0.3) is 0 Å². The monoisotopic (exact) mass is 410 g/mol. The molecule has 2 heterocycles. The van der Waals surface area contributed by atoms with Crippen molar-refractivity contribution >= 4 is 11.9 Å². The van der Waals surface area contributed by atoms with Gasteiger partial charge in [-0.2, -0.15) is 0 Å². The van der Waals surface area contributed by atoms with Crippen LogP contribution in [0.15, 0.2) is 36.1 Å². The zero-order chi connectivity index (χ0) is 21.3. The first-order valence-electron chi connectivity index (χ1n) is 10.3. The molecule has 2 N–H and O–H groups in total. The predicted molar refractivity (Wildman–Crippen MR) is 113 cm³/mol. The van der Waals surface area contributed by atoms with E-state index in [0.717, 1.165) is 18.7 Å². The van der Waals surface area contributed by atoms with Crippen LogP contribution in [-0.4, -0.2) is 38.2 Å². The van der Waals surface area contributed by atoms with Crippen LogP contribution in [0.4, 0.5) is 0 Å².